The van der Waals surface area contributed by atoms with Crippen LogP contribution in [0.15, 0.2) is 77.0 Å². The molecule has 5 aromatic rings. The summed E-state index contributed by atoms with van der Waals surface area (Å²) in [5.74, 6) is -1.05. The molecule has 4 N–H and O–H groups in total. The summed E-state index contributed by atoms with van der Waals surface area (Å²) >= 11 is 1.38. The van der Waals surface area contributed by atoms with E-state index >= 15 is 0 Å². The van der Waals surface area contributed by atoms with Crippen LogP contribution in [0.3, 0.4) is 0 Å². The highest BCUT2D eigenvalue weighted by Gasteiger charge is 2.18. The number of thiophene rings is 1. The fraction of sp³-hybridized carbons (Fsp3) is 0.0800. The molecule has 5 rings (SSSR count). The lowest BCUT2D eigenvalue weighted by atomic mass is 10.0. The van der Waals surface area contributed by atoms with Crippen molar-refractivity contribution in [3.8, 4) is 16.5 Å². The Bertz CT molecular complexity index is 1480. The molecule has 0 saturated heterocycles. The van der Waals surface area contributed by atoms with E-state index in [0.717, 1.165) is 23.1 Å². The average molecular weight is 457 g/mol. The first kappa shape index (κ1) is 20.7. The van der Waals surface area contributed by atoms with Gasteiger partial charge in [-0.3, -0.25) is 9.59 Å². The van der Waals surface area contributed by atoms with Crippen molar-refractivity contribution in [2.24, 2.45) is 0 Å². The van der Waals surface area contributed by atoms with Crippen LogP contribution in [0.2, 0.25) is 0 Å². The monoisotopic (exact) mass is 456 g/mol. The quantitative estimate of drug-likeness (QED) is 0.307. The molecular weight excluding hydrogens is 436 g/mol. The summed E-state index contributed by atoms with van der Waals surface area (Å²) in [7, 11) is 0. The van der Waals surface area contributed by atoms with E-state index in [1.54, 1.807) is 6.07 Å². The number of hydrogen-bond acceptors (Lipinski definition) is 5. The van der Waals surface area contributed by atoms with Crippen molar-refractivity contribution in [3.63, 3.8) is 0 Å². The summed E-state index contributed by atoms with van der Waals surface area (Å²) in [4.78, 5) is 35.3. The second-order valence-corrected chi connectivity index (χ2v) is 8.57. The number of hydrogen-bond donors (Lipinski definition) is 4. The average Bonchev–Trinajstić information content (AvgIpc) is 3.51. The van der Waals surface area contributed by atoms with Gasteiger partial charge in [-0.05, 0) is 40.6 Å². The molecule has 33 heavy (non-hydrogen) atoms. The summed E-state index contributed by atoms with van der Waals surface area (Å²) in [5, 5.41) is 15.8. The molecule has 3 aromatic heterocycles. The standard InChI is InChI=1S/C25H20N4O3S/c30-22-21(28-23(29-25(22)32)20-6-3-11-33-20)24(31)27-13-16-9-7-15(8-10-16)12-17-14-26-19-5-2-1-4-18(17)19/h1-11,14,26,30H,12-13H2,(H,27,31)(H,28,29,32). The van der Waals surface area contributed by atoms with E-state index in [1.807, 2.05) is 54.0 Å². The van der Waals surface area contributed by atoms with E-state index in [9.17, 15) is 14.7 Å². The van der Waals surface area contributed by atoms with Crippen molar-refractivity contribution in [2.45, 2.75) is 13.0 Å². The van der Waals surface area contributed by atoms with Crippen LogP contribution in [0, 0.1) is 0 Å². The molecule has 0 bridgehead atoms. The molecule has 0 aliphatic rings. The number of carbonyl (C=O) groups excluding carboxylic acids is 1. The van der Waals surface area contributed by atoms with Gasteiger partial charge in [0, 0.05) is 23.6 Å². The van der Waals surface area contributed by atoms with Crippen LogP contribution in [0.4, 0.5) is 0 Å². The summed E-state index contributed by atoms with van der Waals surface area (Å²) in [5.41, 5.74) is 3.35. The van der Waals surface area contributed by atoms with Gasteiger partial charge in [0.2, 0.25) is 5.75 Å². The van der Waals surface area contributed by atoms with E-state index in [-0.39, 0.29) is 18.1 Å². The Balaban J connectivity index is 1.27. The Hall–Kier alpha value is -4.17. The number of fused-ring (bicyclic) bond motifs is 1. The first-order valence-corrected chi connectivity index (χ1v) is 11.2. The number of rotatable bonds is 6. The first-order valence-electron chi connectivity index (χ1n) is 10.4. The minimum Gasteiger partial charge on any atom is -0.501 e. The predicted molar refractivity (Wildman–Crippen MR) is 129 cm³/mol. The van der Waals surface area contributed by atoms with Gasteiger partial charge in [-0.1, -0.05) is 48.5 Å². The minimum absolute atomic E-state index is 0.244. The molecule has 0 aliphatic heterocycles. The maximum Gasteiger partial charge on any atom is 0.294 e. The summed E-state index contributed by atoms with van der Waals surface area (Å²) in [6.45, 7) is 0.244. The molecule has 0 aliphatic carbocycles. The first-order chi connectivity index (χ1) is 16.1. The van der Waals surface area contributed by atoms with Gasteiger partial charge in [0.25, 0.3) is 11.5 Å². The van der Waals surface area contributed by atoms with Gasteiger partial charge in [0.1, 0.15) is 0 Å². The maximum absolute atomic E-state index is 12.6. The number of carbonyl (C=O) groups is 1. The van der Waals surface area contributed by atoms with Gasteiger partial charge in [-0.25, -0.2) is 4.98 Å². The molecule has 3 heterocycles. The van der Waals surface area contributed by atoms with Gasteiger partial charge >= 0.3 is 0 Å². The smallest absolute Gasteiger partial charge is 0.294 e. The zero-order valence-corrected chi connectivity index (χ0v) is 18.3. The zero-order valence-electron chi connectivity index (χ0n) is 17.5. The topological polar surface area (TPSA) is 111 Å². The number of benzene rings is 2. The molecule has 0 saturated carbocycles. The van der Waals surface area contributed by atoms with E-state index in [4.69, 9.17) is 0 Å². The highest BCUT2D eigenvalue weighted by Crippen LogP contribution is 2.22. The number of para-hydroxylation sites is 1. The molecule has 0 atom stereocenters. The molecule has 0 spiro atoms. The molecule has 8 heteroatoms. The Kier molecular flexibility index (Phi) is 5.50. The fourth-order valence-corrected chi connectivity index (χ4v) is 4.36. The largest absolute Gasteiger partial charge is 0.501 e. The number of nitrogens with one attached hydrogen (secondary N) is 3. The van der Waals surface area contributed by atoms with Crippen molar-refractivity contribution in [3.05, 3.63) is 105 Å². The Morgan fingerprint density at radius 2 is 1.82 bits per heavy atom. The molecule has 0 fully saturated rings. The molecule has 2 aromatic carbocycles. The van der Waals surface area contributed by atoms with Crippen LogP contribution < -0.4 is 10.9 Å². The van der Waals surface area contributed by atoms with Crippen LogP contribution in [-0.2, 0) is 13.0 Å². The van der Waals surface area contributed by atoms with Crippen molar-refractivity contribution < 1.29 is 9.90 Å². The second kappa shape index (κ2) is 8.76. The lowest BCUT2D eigenvalue weighted by molar-refractivity contribution is 0.0942. The van der Waals surface area contributed by atoms with Crippen molar-refractivity contribution in [1.29, 1.82) is 0 Å². The van der Waals surface area contributed by atoms with E-state index in [0.29, 0.717) is 4.88 Å². The molecule has 0 radical (unpaired) electrons. The zero-order chi connectivity index (χ0) is 22.8. The van der Waals surface area contributed by atoms with Crippen LogP contribution in [-0.4, -0.2) is 26.0 Å². The van der Waals surface area contributed by atoms with Gasteiger partial charge in [-0.15, -0.1) is 11.3 Å². The Morgan fingerprint density at radius 3 is 2.61 bits per heavy atom. The highest BCUT2D eigenvalue weighted by molar-refractivity contribution is 7.13. The van der Waals surface area contributed by atoms with Crippen LogP contribution in [0.5, 0.6) is 5.75 Å². The third-order valence-corrected chi connectivity index (χ3v) is 6.29. The third-order valence-electron chi connectivity index (χ3n) is 5.41. The van der Waals surface area contributed by atoms with Crippen molar-refractivity contribution >= 4 is 28.1 Å². The normalized spacial score (nSPS) is 11.0. The third kappa shape index (κ3) is 4.28. The summed E-state index contributed by atoms with van der Waals surface area (Å²) in [6, 6.07) is 19.8. The van der Waals surface area contributed by atoms with E-state index in [1.165, 1.54) is 22.3 Å². The summed E-state index contributed by atoms with van der Waals surface area (Å²) < 4.78 is 0. The minimum atomic E-state index is -0.750. The molecule has 1 amide bonds. The van der Waals surface area contributed by atoms with E-state index in [2.05, 4.69) is 32.4 Å². The molecular formula is C25H20N4O3S. The number of nitrogens with zero attached hydrogens (tertiary/aromatic N) is 1. The molecule has 0 unspecified atom stereocenters. The van der Waals surface area contributed by atoms with Crippen LogP contribution >= 0.6 is 11.3 Å². The van der Waals surface area contributed by atoms with Gasteiger partial charge in [0.05, 0.1) is 4.88 Å². The van der Waals surface area contributed by atoms with Crippen molar-refractivity contribution in [2.75, 3.05) is 0 Å². The lowest BCUT2D eigenvalue weighted by Gasteiger charge is -2.08. The second-order valence-electron chi connectivity index (χ2n) is 7.62. The number of amides is 1. The lowest BCUT2D eigenvalue weighted by Crippen LogP contribution is -2.26. The van der Waals surface area contributed by atoms with Crippen LogP contribution in [0.1, 0.15) is 27.2 Å². The number of aromatic amines is 2. The Labute approximate surface area is 192 Å². The van der Waals surface area contributed by atoms with Crippen molar-refractivity contribution in [1.82, 2.24) is 20.3 Å². The van der Waals surface area contributed by atoms with E-state index < -0.39 is 17.2 Å². The number of H-pyrrole nitrogens is 2. The van der Waals surface area contributed by atoms with Gasteiger partial charge in [-0.2, -0.15) is 0 Å². The van der Waals surface area contributed by atoms with Gasteiger partial charge < -0.3 is 20.4 Å². The predicted octanol–water partition coefficient (Wildman–Crippen LogP) is 4.21. The SMILES string of the molecule is O=C(NCc1ccc(Cc2c[nH]c3ccccc23)cc1)c1nc(-c2cccs2)[nH]c(=O)c1O. The van der Waals surface area contributed by atoms with Gasteiger partial charge in [0.15, 0.2) is 11.5 Å². The number of aromatic hydroxyl groups is 1. The number of aromatic nitrogens is 3. The maximum atomic E-state index is 12.6. The Morgan fingerprint density at radius 1 is 1.03 bits per heavy atom. The molecule has 7 nitrogen and oxygen atoms in total. The highest BCUT2D eigenvalue weighted by atomic mass is 32.1. The molecule has 164 valence electrons. The fourth-order valence-electron chi connectivity index (χ4n) is 3.69. The van der Waals surface area contributed by atoms with Crippen LogP contribution in [0.25, 0.3) is 21.6 Å². The summed E-state index contributed by atoms with van der Waals surface area (Å²) in [6.07, 6.45) is 2.83.